The standard InChI is InChI=1S/C8H5ClN2O2/c1-5-7(13-4-12-3)6(2)11-8(9)10-5/h1-3H,4H2. The molecule has 6 radical (unpaired) electrons. The number of nitrogens with zero attached hydrogens (tertiary/aromatic N) is 2. The molecule has 0 aromatic carbocycles. The minimum atomic E-state index is -0.195. The van der Waals surface area contributed by atoms with Gasteiger partial charge in [0.15, 0.2) is 12.5 Å². The molecule has 0 aliphatic heterocycles. The highest BCUT2D eigenvalue weighted by Gasteiger charge is 2.08. The Balaban J connectivity index is 2.92. The second kappa shape index (κ2) is 4.39. The lowest BCUT2D eigenvalue weighted by Crippen LogP contribution is -2.04. The zero-order chi connectivity index (χ0) is 9.84. The fourth-order valence-electron chi connectivity index (χ4n) is 0.697. The molecule has 0 saturated carbocycles. The van der Waals surface area contributed by atoms with Gasteiger partial charge >= 0.3 is 0 Å². The van der Waals surface area contributed by atoms with Crippen LogP contribution in [0.4, 0.5) is 0 Å². The Hall–Kier alpha value is -0.870. The highest BCUT2D eigenvalue weighted by Crippen LogP contribution is 2.20. The van der Waals surface area contributed by atoms with Crippen molar-refractivity contribution >= 4 is 11.6 Å². The van der Waals surface area contributed by atoms with Crippen LogP contribution < -0.4 is 4.74 Å². The molecule has 66 valence electrons. The summed E-state index contributed by atoms with van der Waals surface area (Å²) in [5, 5.41) is -0.0454. The predicted octanol–water partition coefficient (Wildman–Crippen LogP) is 1.27. The number of aromatic nitrogens is 2. The van der Waals surface area contributed by atoms with E-state index in [1.54, 1.807) is 0 Å². The Kier molecular flexibility index (Phi) is 3.45. The van der Waals surface area contributed by atoms with Crippen molar-refractivity contribution in [1.82, 2.24) is 9.97 Å². The SMILES string of the molecule is [CH]OCOc1c([CH])nc(Cl)nc1[CH]. The normalized spacial score (nSPS) is 10.2. The Morgan fingerprint density at radius 3 is 2.23 bits per heavy atom. The van der Waals surface area contributed by atoms with Crippen molar-refractivity contribution in [1.29, 1.82) is 0 Å². The molecule has 1 rings (SSSR count). The van der Waals surface area contributed by atoms with Gasteiger partial charge < -0.3 is 9.47 Å². The summed E-state index contributed by atoms with van der Waals surface area (Å²) in [5.41, 5.74) is 0.0732. The monoisotopic (exact) mass is 196 g/mol. The van der Waals surface area contributed by atoms with E-state index in [4.69, 9.17) is 37.3 Å². The van der Waals surface area contributed by atoms with Gasteiger partial charge in [0.2, 0.25) is 5.28 Å². The van der Waals surface area contributed by atoms with E-state index in [1.807, 2.05) is 0 Å². The Labute approximate surface area is 81.9 Å². The highest BCUT2D eigenvalue weighted by atomic mass is 35.5. The topological polar surface area (TPSA) is 44.2 Å². The molecular weight excluding hydrogens is 192 g/mol. The number of rotatable bonds is 3. The Morgan fingerprint density at radius 1 is 1.23 bits per heavy atom. The van der Waals surface area contributed by atoms with E-state index >= 15 is 0 Å². The van der Waals surface area contributed by atoms with Crippen molar-refractivity contribution in [3.8, 4) is 5.75 Å². The summed E-state index contributed by atoms with van der Waals surface area (Å²) in [6, 6.07) is 0. The quantitative estimate of drug-likeness (QED) is 0.540. The molecule has 1 aromatic heterocycles. The summed E-state index contributed by atoms with van der Waals surface area (Å²) in [5.74, 6) is 0.106. The van der Waals surface area contributed by atoms with Crippen molar-refractivity contribution in [2.24, 2.45) is 0 Å². The van der Waals surface area contributed by atoms with Crippen LogP contribution in [0.25, 0.3) is 0 Å². The number of ether oxygens (including phenoxy) is 2. The van der Waals surface area contributed by atoms with Gasteiger partial charge in [0.25, 0.3) is 0 Å². The van der Waals surface area contributed by atoms with E-state index in [9.17, 15) is 0 Å². The molecule has 0 atom stereocenters. The lowest BCUT2D eigenvalue weighted by molar-refractivity contribution is 0.0742. The summed E-state index contributed by atoms with van der Waals surface area (Å²) in [6.07, 6.45) is 0. The van der Waals surface area contributed by atoms with Gasteiger partial charge in [-0.25, -0.2) is 9.97 Å². The van der Waals surface area contributed by atoms with E-state index in [-0.39, 0.29) is 29.2 Å². The van der Waals surface area contributed by atoms with Crippen molar-refractivity contribution < 1.29 is 9.47 Å². The first-order valence-corrected chi connectivity index (χ1v) is 3.56. The van der Waals surface area contributed by atoms with Gasteiger partial charge in [0.05, 0.1) is 11.4 Å². The molecule has 0 unspecified atom stereocenters. The summed E-state index contributed by atoms with van der Waals surface area (Å²) in [6.45, 7) is 10.7. The van der Waals surface area contributed by atoms with Crippen molar-refractivity contribution in [2.75, 3.05) is 6.79 Å². The van der Waals surface area contributed by atoms with Crippen LogP contribution in [0, 0.1) is 21.0 Å². The van der Waals surface area contributed by atoms with E-state index < -0.39 is 0 Å². The molecule has 0 aliphatic rings. The molecule has 0 N–H and O–H groups in total. The maximum Gasteiger partial charge on any atom is 0.223 e. The summed E-state index contributed by atoms with van der Waals surface area (Å²) < 4.78 is 9.05. The number of hydrogen-bond donors (Lipinski definition) is 0. The minimum absolute atomic E-state index is 0.0366. The average molecular weight is 197 g/mol. The molecule has 0 aliphatic carbocycles. The molecule has 13 heavy (non-hydrogen) atoms. The van der Waals surface area contributed by atoms with Crippen LogP contribution in [-0.4, -0.2) is 16.8 Å². The van der Waals surface area contributed by atoms with Crippen LogP contribution in [0.2, 0.25) is 5.28 Å². The van der Waals surface area contributed by atoms with Gasteiger partial charge in [-0.15, -0.1) is 0 Å². The highest BCUT2D eigenvalue weighted by molar-refractivity contribution is 6.28. The number of halogens is 1. The van der Waals surface area contributed by atoms with Crippen LogP contribution >= 0.6 is 11.6 Å². The molecule has 0 saturated heterocycles. The number of hydrogen-bond acceptors (Lipinski definition) is 4. The first-order valence-electron chi connectivity index (χ1n) is 3.18. The molecule has 0 fully saturated rings. The van der Waals surface area contributed by atoms with Crippen LogP contribution in [0.15, 0.2) is 0 Å². The third-order valence-electron chi connectivity index (χ3n) is 1.16. The second-order valence-electron chi connectivity index (χ2n) is 2.02. The molecule has 0 spiro atoms. The summed E-state index contributed by atoms with van der Waals surface area (Å²) in [4.78, 5) is 7.24. The van der Waals surface area contributed by atoms with Crippen LogP contribution in [0.5, 0.6) is 5.75 Å². The van der Waals surface area contributed by atoms with Gasteiger partial charge in [-0.3, -0.25) is 0 Å². The zero-order valence-electron chi connectivity index (χ0n) is 6.53. The van der Waals surface area contributed by atoms with Crippen molar-refractivity contribution in [2.45, 2.75) is 0 Å². The van der Waals surface area contributed by atoms with Gasteiger partial charge in [-0.2, -0.15) is 0 Å². The lowest BCUT2D eigenvalue weighted by Gasteiger charge is -2.08. The maximum absolute atomic E-state index is 5.46. The fourth-order valence-corrected chi connectivity index (χ4v) is 0.879. The van der Waals surface area contributed by atoms with Crippen molar-refractivity contribution in [3.63, 3.8) is 0 Å². The summed E-state index contributed by atoms with van der Waals surface area (Å²) >= 11 is 5.46. The molecule has 4 nitrogen and oxygen atoms in total. The average Bonchev–Trinajstić information content (AvgIpc) is 2.02. The van der Waals surface area contributed by atoms with E-state index in [0.717, 1.165) is 0 Å². The third-order valence-corrected chi connectivity index (χ3v) is 1.33. The molecule has 1 heterocycles. The Bertz CT molecular complexity index is 281. The van der Waals surface area contributed by atoms with Crippen LogP contribution in [0.1, 0.15) is 11.4 Å². The smallest absolute Gasteiger partial charge is 0.223 e. The second-order valence-corrected chi connectivity index (χ2v) is 2.36. The van der Waals surface area contributed by atoms with Crippen molar-refractivity contribution in [3.05, 3.63) is 37.6 Å². The van der Waals surface area contributed by atoms with E-state index in [2.05, 4.69) is 14.7 Å². The molecule has 0 amide bonds. The predicted molar refractivity (Wildman–Crippen MR) is 44.7 cm³/mol. The largest absolute Gasteiger partial charge is 0.464 e. The minimum Gasteiger partial charge on any atom is -0.464 e. The van der Waals surface area contributed by atoms with E-state index in [1.165, 1.54) is 0 Å². The van der Waals surface area contributed by atoms with Crippen LogP contribution in [0.3, 0.4) is 0 Å². The maximum atomic E-state index is 5.46. The molecule has 1 aromatic rings. The fraction of sp³-hybridized carbons (Fsp3) is 0.125. The zero-order valence-corrected chi connectivity index (χ0v) is 7.28. The molecule has 5 heteroatoms. The summed E-state index contributed by atoms with van der Waals surface area (Å²) in [7, 11) is 4.73. The lowest BCUT2D eigenvalue weighted by atomic mass is 10.3. The van der Waals surface area contributed by atoms with Gasteiger partial charge in [-0.05, 0) is 11.6 Å². The molecule has 0 bridgehead atoms. The van der Waals surface area contributed by atoms with E-state index in [0.29, 0.717) is 0 Å². The van der Waals surface area contributed by atoms with Gasteiger partial charge in [-0.1, -0.05) is 0 Å². The first-order chi connectivity index (χ1) is 6.15. The van der Waals surface area contributed by atoms with Crippen LogP contribution in [-0.2, 0) is 4.74 Å². The van der Waals surface area contributed by atoms with Gasteiger partial charge in [0, 0.05) is 13.8 Å². The Morgan fingerprint density at radius 2 is 1.77 bits per heavy atom. The molecular formula is C8H5ClN2O2. The first kappa shape index (κ1) is 10.2. The third kappa shape index (κ3) is 2.54. The van der Waals surface area contributed by atoms with Gasteiger partial charge in [0.1, 0.15) is 7.11 Å².